The maximum Gasteiger partial charge on any atom is 0.527 e. The number of imidazole rings is 1. The lowest BCUT2D eigenvalue weighted by molar-refractivity contribution is -0.139. The topological polar surface area (TPSA) is 198 Å². The Labute approximate surface area is 259 Å². The van der Waals surface area contributed by atoms with Crippen molar-refractivity contribution >= 4 is 42.4 Å². The summed E-state index contributed by atoms with van der Waals surface area (Å²) in [6, 6.07) is 17.7. The third-order valence-corrected chi connectivity index (χ3v) is 7.64. The Morgan fingerprint density at radius 3 is 2.42 bits per heavy atom. The van der Waals surface area contributed by atoms with E-state index in [1.165, 1.54) is 12.0 Å². The van der Waals surface area contributed by atoms with Crippen molar-refractivity contribution in [1.29, 1.82) is 0 Å². The van der Waals surface area contributed by atoms with Gasteiger partial charge in [0, 0.05) is 18.6 Å². The molecule has 2 aromatic heterocycles. The number of hydroxylamine groups is 1. The first-order valence-corrected chi connectivity index (χ1v) is 16.0. The van der Waals surface area contributed by atoms with Crippen molar-refractivity contribution in [3.05, 3.63) is 84.7 Å². The number of hydrogen-bond acceptors (Lipinski definition) is 11. The number of para-hydroxylation sites is 1. The molecule has 0 spiro atoms. The number of fused-ring (bicyclic) bond motifs is 1. The molecule has 1 saturated carbocycles. The highest BCUT2D eigenvalue weighted by molar-refractivity contribution is 7.46. The maximum absolute atomic E-state index is 11.9. The van der Waals surface area contributed by atoms with Crippen molar-refractivity contribution in [2.75, 3.05) is 22.7 Å². The summed E-state index contributed by atoms with van der Waals surface area (Å²) in [5.74, 6) is 0.100. The molecule has 0 saturated heterocycles. The molecule has 238 valence electrons. The van der Waals surface area contributed by atoms with E-state index >= 15 is 0 Å². The number of benzene rings is 2. The summed E-state index contributed by atoms with van der Waals surface area (Å²) in [7, 11) is -4.92. The number of allylic oxidation sites excluding steroid dienone is 1. The van der Waals surface area contributed by atoms with Gasteiger partial charge in [0.15, 0.2) is 23.0 Å². The molecule has 14 nitrogen and oxygen atoms in total. The van der Waals surface area contributed by atoms with Crippen molar-refractivity contribution in [2.24, 2.45) is 5.92 Å². The number of aliphatic hydroxyl groups is 1. The number of phosphoric acid groups is 1. The first-order chi connectivity index (χ1) is 21.6. The monoisotopic (exact) mass is 637 g/mol. The number of anilines is 3. The van der Waals surface area contributed by atoms with E-state index in [4.69, 9.17) is 20.4 Å². The lowest BCUT2D eigenvalue weighted by Gasteiger charge is -2.28. The molecular weight excluding hydrogens is 601 g/mol. The zero-order valence-corrected chi connectivity index (χ0v) is 25.5. The quantitative estimate of drug-likeness (QED) is 0.0906. The van der Waals surface area contributed by atoms with Gasteiger partial charge >= 0.3 is 13.8 Å². The molecular formula is C30H36N7O7P. The molecule has 6 N–H and O–H groups in total. The van der Waals surface area contributed by atoms with Crippen LogP contribution in [0.2, 0.25) is 0 Å². The van der Waals surface area contributed by atoms with Gasteiger partial charge in [0.1, 0.15) is 0 Å². The van der Waals surface area contributed by atoms with Gasteiger partial charge in [-0.1, -0.05) is 60.7 Å². The second-order valence-corrected chi connectivity index (χ2v) is 12.0. The average Bonchev–Trinajstić information content (AvgIpc) is 3.53. The molecule has 15 heteroatoms. The van der Waals surface area contributed by atoms with Crippen LogP contribution in [0.4, 0.5) is 17.5 Å². The Morgan fingerprint density at radius 1 is 1.11 bits per heavy atom. The fraction of sp³-hybridized carbons (Fsp3) is 0.333. The van der Waals surface area contributed by atoms with Gasteiger partial charge in [0.05, 0.1) is 24.7 Å². The summed E-state index contributed by atoms with van der Waals surface area (Å²) in [4.78, 5) is 48.3. The third kappa shape index (κ3) is 8.65. The minimum Gasteiger partial charge on any atom is -0.396 e. The predicted octanol–water partition coefficient (Wildman–Crippen LogP) is 3.74. The first-order valence-electron chi connectivity index (χ1n) is 14.5. The van der Waals surface area contributed by atoms with Crippen molar-refractivity contribution in [1.82, 2.24) is 19.5 Å². The maximum atomic E-state index is 11.9. The minimum atomic E-state index is -4.92. The van der Waals surface area contributed by atoms with E-state index in [1.807, 2.05) is 41.0 Å². The van der Waals surface area contributed by atoms with E-state index in [-0.39, 0.29) is 31.1 Å². The molecule has 0 bridgehead atoms. The molecule has 3 atom stereocenters. The van der Waals surface area contributed by atoms with Crippen LogP contribution in [0, 0.1) is 5.92 Å². The average molecular weight is 638 g/mol. The van der Waals surface area contributed by atoms with Gasteiger partial charge in [-0.3, -0.25) is 14.6 Å². The first kappa shape index (κ1) is 32.1. The zero-order valence-electron chi connectivity index (χ0n) is 24.6. The minimum absolute atomic E-state index is 0.162. The lowest BCUT2D eigenvalue weighted by Crippen LogP contribution is -2.39. The molecule has 1 fully saturated rings. The summed E-state index contributed by atoms with van der Waals surface area (Å²) >= 11 is 0. The molecule has 45 heavy (non-hydrogen) atoms. The molecule has 6 rings (SSSR count). The van der Waals surface area contributed by atoms with Crippen LogP contribution in [-0.4, -0.2) is 59.1 Å². The van der Waals surface area contributed by atoms with Crippen molar-refractivity contribution < 1.29 is 33.6 Å². The summed E-state index contributed by atoms with van der Waals surface area (Å²) in [6.07, 6.45) is 9.10. The Morgan fingerprint density at radius 2 is 1.80 bits per heavy atom. The van der Waals surface area contributed by atoms with Crippen molar-refractivity contribution in [3.8, 4) is 0 Å². The number of carbonyl (C=O) groups is 1. The number of nitrogens with two attached hydrogens (primary N) is 1. The van der Waals surface area contributed by atoms with Gasteiger partial charge in [0.25, 0.3) is 0 Å². The van der Waals surface area contributed by atoms with Crippen molar-refractivity contribution in [2.45, 2.75) is 50.9 Å². The number of aromatic nitrogens is 4. The Kier molecular flexibility index (Phi) is 10.1. The van der Waals surface area contributed by atoms with Crippen LogP contribution >= 0.6 is 7.82 Å². The third-order valence-electron chi connectivity index (χ3n) is 7.22. The van der Waals surface area contributed by atoms with Crippen LogP contribution in [0.5, 0.6) is 0 Å². The second-order valence-electron chi connectivity index (χ2n) is 10.8. The van der Waals surface area contributed by atoms with E-state index < -0.39 is 19.8 Å². The SMILES string of the molecule is C[C@@H](C(=O)OP(=O)(O)O)N(OCc1ccccc1)c1ccccc1.Nc1nc(NC2CC2)c2ncn([C@H]3C=C[C@@H](CO)C3)c2n1. The second kappa shape index (κ2) is 14.2. The number of hydrogen-bond donors (Lipinski definition) is 5. The van der Waals surface area contributed by atoms with Crippen LogP contribution in [0.3, 0.4) is 0 Å². The van der Waals surface area contributed by atoms with E-state index in [0.717, 1.165) is 41.8 Å². The Bertz CT molecular complexity index is 1660. The summed E-state index contributed by atoms with van der Waals surface area (Å²) in [5.41, 5.74) is 8.79. The number of nitrogens with zero attached hydrogens (tertiary/aromatic N) is 5. The molecule has 2 heterocycles. The van der Waals surface area contributed by atoms with Gasteiger partial charge in [0.2, 0.25) is 5.95 Å². The zero-order chi connectivity index (χ0) is 32.0. The summed E-state index contributed by atoms with van der Waals surface area (Å²) in [5, 5.41) is 13.9. The lowest BCUT2D eigenvalue weighted by atomic mass is 10.1. The standard InChI is InChI=1S/C16H18NO6P.C14H18N6O/c1-13(16(18)23-24(19,20)21)17(15-10-6-3-7-11-15)22-12-14-8-4-2-5-9-14;15-14-18-12(17-9-2-3-9)11-13(19-14)20(7-16-11)10-4-1-8(5-10)6-21/h2-11,13H,12H2,1H3,(H2,19,20,21);1,4,7-10,21H,2-3,5-6H2,(H3,15,17,18,19)/t13-;8-,10+/m01/s1. The molecule has 0 aliphatic heterocycles. The van der Waals surface area contributed by atoms with E-state index in [9.17, 15) is 14.5 Å². The van der Waals surface area contributed by atoms with E-state index in [2.05, 4.69) is 30.9 Å². The number of nitrogen functional groups attached to an aromatic ring is 1. The molecule has 0 radical (unpaired) electrons. The molecule has 0 amide bonds. The fourth-order valence-corrected chi connectivity index (χ4v) is 5.17. The molecule has 2 aliphatic rings. The molecule has 2 aliphatic carbocycles. The number of aliphatic hydroxyl groups excluding tert-OH is 1. The number of phosphoric ester groups is 1. The van der Waals surface area contributed by atoms with E-state index in [0.29, 0.717) is 11.7 Å². The predicted molar refractivity (Wildman–Crippen MR) is 167 cm³/mol. The van der Waals surface area contributed by atoms with Gasteiger partial charge in [-0.25, -0.2) is 19.4 Å². The van der Waals surface area contributed by atoms with Crippen LogP contribution < -0.4 is 16.1 Å². The molecule has 4 aromatic rings. The van der Waals surface area contributed by atoms with Crippen LogP contribution in [0.15, 0.2) is 79.1 Å². The van der Waals surface area contributed by atoms with Gasteiger partial charge in [-0.05, 0) is 43.9 Å². The Hall–Kier alpha value is -4.33. The highest BCUT2D eigenvalue weighted by Gasteiger charge is 2.30. The van der Waals surface area contributed by atoms with Gasteiger partial charge in [-0.15, -0.1) is 0 Å². The number of carbonyl (C=O) groups excluding carboxylic acids is 1. The number of rotatable bonds is 11. The normalized spacial score (nSPS) is 18.2. The largest absolute Gasteiger partial charge is 0.527 e. The van der Waals surface area contributed by atoms with E-state index in [1.54, 1.807) is 36.7 Å². The summed E-state index contributed by atoms with van der Waals surface area (Å²) in [6.45, 7) is 1.80. The van der Waals surface area contributed by atoms with Crippen LogP contribution in [0.25, 0.3) is 11.2 Å². The smallest absolute Gasteiger partial charge is 0.396 e. The van der Waals surface area contributed by atoms with Crippen LogP contribution in [0.1, 0.15) is 37.8 Å². The highest BCUT2D eigenvalue weighted by atomic mass is 31.2. The number of nitrogens with one attached hydrogen (secondary N) is 1. The molecule has 2 aromatic carbocycles. The summed E-state index contributed by atoms with van der Waals surface area (Å²) < 4.78 is 17.0. The Balaban J connectivity index is 0.000000179. The van der Waals surface area contributed by atoms with Gasteiger partial charge < -0.3 is 25.2 Å². The fourth-order valence-electron chi connectivity index (χ4n) is 4.78. The highest BCUT2D eigenvalue weighted by Crippen LogP contribution is 2.37. The molecule has 0 unspecified atom stereocenters. The van der Waals surface area contributed by atoms with Crippen LogP contribution in [-0.2, 0) is 25.3 Å². The van der Waals surface area contributed by atoms with Gasteiger partial charge in [-0.2, -0.15) is 9.97 Å². The van der Waals surface area contributed by atoms with Crippen molar-refractivity contribution in [3.63, 3.8) is 0 Å².